The topological polar surface area (TPSA) is 50.3 Å². The van der Waals surface area contributed by atoms with Gasteiger partial charge in [0.1, 0.15) is 5.82 Å². The van der Waals surface area contributed by atoms with Gasteiger partial charge in [-0.1, -0.05) is 13.8 Å². The Labute approximate surface area is 122 Å². The third kappa shape index (κ3) is 4.42. The van der Waals surface area contributed by atoms with E-state index in [9.17, 15) is 0 Å². The highest BCUT2D eigenvalue weighted by molar-refractivity contribution is 5.50. The standard InChI is InChI=1S/C15H28N4O/c1-11(2)15-17-10-14(13(18-15)9-16-5)19(12(3)4)7-8-20-6/h10-12,16H,7-9H2,1-6H3. The molecule has 0 aromatic carbocycles. The van der Waals surface area contributed by atoms with E-state index in [1.807, 2.05) is 13.2 Å². The molecule has 0 fully saturated rings. The number of hydrogen-bond acceptors (Lipinski definition) is 5. The van der Waals surface area contributed by atoms with Gasteiger partial charge in [0.25, 0.3) is 0 Å². The molecule has 0 spiro atoms. The molecule has 0 bridgehead atoms. The van der Waals surface area contributed by atoms with Crippen molar-refractivity contribution >= 4 is 5.69 Å². The second-order valence-electron chi connectivity index (χ2n) is 5.53. The van der Waals surface area contributed by atoms with E-state index in [4.69, 9.17) is 9.72 Å². The summed E-state index contributed by atoms with van der Waals surface area (Å²) in [7, 11) is 3.67. The van der Waals surface area contributed by atoms with E-state index in [1.165, 1.54) is 0 Å². The number of methoxy groups -OCH3 is 1. The van der Waals surface area contributed by atoms with Crippen LogP contribution in [-0.2, 0) is 11.3 Å². The van der Waals surface area contributed by atoms with Crippen molar-refractivity contribution in [3.8, 4) is 0 Å². The van der Waals surface area contributed by atoms with Gasteiger partial charge in [0.2, 0.25) is 0 Å². The van der Waals surface area contributed by atoms with Gasteiger partial charge >= 0.3 is 0 Å². The number of ether oxygens (including phenoxy) is 1. The van der Waals surface area contributed by atoms with E-state index in [-0.39, 0.29) is 0 Å². The summed E-state index contributed by atoms with van der Waals surface area (Å²) in [6, 6.07) is 0.384. The maximum atomic E-state index is 5.21. The zero-order valence-corrected chi connectivity index (χ0v) is 13.6. The predicted octanol–water partition coefficient (Wildman–Crippen LogP) is 2.18. The maximum Gasteiger partial charge on any atom is 0.131 e. The Morgan fingerprint density at radius 1 is 1.30 bits per heavy atom. The molecular weight excluding hydrogens is 252 g/mol. The summed E-state index contributed by atoms with van der Waals surface area (Å²) >= 11 is 0. The van der Waals surface area contributed by atoms with Gasteiger partial charge in [-0.05, 0) is 20.9 Å². The molecule has 0 unspecified atom stereocenters. The van der Waals surface area contributed by atoms with Crippen molar-refractivity contribution in [3.63, 3.8) is 0 Å². The second kappa shape index (κ2) is 8.17. The molecule has 5 heteroatoms. The van der Waals surface area contributed by atoms with Gasteiger partial charge in [-0.15, -0.1) is 0 Å². The fraction of sp³-hybridized carbons (Fsp3) is 0.733. The van der Waals surface area contributed by atoms with Crippen LogP contribution in [0.4, 0.5) is 5.69 Å². The average molecular weight is 280 g/mol. The third-order valence-corrected chi connectivity index (χ3v) is 3.19. The number of rotatable bonds is 8. The molecule has 1 aromatic heterocycles. The molecule has 0 radical (unpaired) electrons. The van der Waals surface area contributed by atoms with E-state index in [0.717, 1.165) is 30.3 Å². The molecule has 1 heterocycles. The van der Waals surface area contributed by atoms with Crippen LogP contribution in [0.25, 0.3) is 0 Å². The SMILES string of the molecule is CNCc1nc(C(C)C)ncc1N(CCOC)C(C)C. The Kier molecular flexibility index (Phi) is 6.88. The minimum Gasteiger partial charge on any atom is -0.383 e. The van der Waals surface area contributed by atoms with Gasteiger partial charge in [-0.2, -0.15) is 0 Å². The predicted molar refractivity (Wildman–Crippen MR) is 83.2 cm³/mol. The first-order valence-corrected chi connectivity index (χ1v) is 7.27. The molecule has 5 nitrogen and oxygen atoms in total. The molecular formula is C15H28N4O. The van der Waals surface area contributed by atoms with Gasteiger partial charge < -0.3 is 15.0 Å². The molecule has 0 aliphatic heterocycles. The van der Waals surface area contributed by atoms with Gasteiger partial charge in [0.05, 0.1) is 24.2 Å². The number of nitrogens with zero attached hydrogens (tertiary/aromatic N) is 3. The highest BCUT2D eigenvalue weighted by Crippen LogP contribution is 2.22. The lowest BCUT2D eigenvalue weighted by Crippen LogP contribution is -2.35. The highest BCUT2D eigenvalue weighted by atomic mass is 16.5. The molecule has 0 saturated carbocycles. The molecule has 0 aliphatic rings. The zero-order valence-electron chi connectivity index (χ0n) is 13.6. The van der Waals surface area contributed by atoms with Crippen LogP contribution in [0, 0.1) is 0 Å². The molecule has 1 N–H and O–H groups in total. The summed E-state index contributed by atoms with van der Waals surface area (Å²) in [5.41, 5.74) is 2.15. The average Bonchev–Trinajstić information content (AvgIpc) is 2.40. The zero-order chi connectivity index (χ0) is 15.1. The largest absolute Gasteiger partial charge is 0.383 e. The summed E-state index contributed by atoms with van der Waals surface area (Å²) in [6.07, 6.45) is 1.95. The van der Waals surface area contributed by atoms with Crippen molar-refractivity contribution in [2.45, 2.75) is 46.2 Å². The van der Waals surface area contributed by atoms with Crippen molar-refractivity contribution < 1.29 is 4.74 Å². The van der Waals surface area contributed by atoms with Gasteiger partial charge in [-0.25, -0.2) is 9.97 Å². The van der Waals surface area contributed by atoms with Crippen molar-refractivity contribution in [1.82, 2.24) is 15.3 Å². The number of hydrogen-bond donors (Lipinski definition) is 1. The van der Waals surface area contributed by atoms with Gasteiger partial charge in [-0.3, -0.25) is 0 Å². The van der Waals surface area contributed by atoms with Crippen LogP contribution < -0.4 is 10.2 Å². The third-order valence-electron chi connectivity index (χ3n) is 3.19. The second-order valence-corrected chi connectivity index (χ2v) is 5.53. The van der Waals surface area contributed by atoms with Gasteiger partial charge in [0, 0.05) is 32.2 Å². The Morgan fingerprint density at radius 3 is 2.50 bits per heavy atom. The molecule has 0 saturated heterocycles. The van der Waals surface area contributed by atoms with E-state index in [2.05, 4.69) is 42.9 Å². The molecule has 20 heavy (non-hydrogen) atoms. The minimum absolute atomic E-state index is 0.339. The lowest BCUT2D eigenvalue weighted by molar-refractivity contribution is 0.203. The van der Waals surface area contributed by atoms with Crippen LogP contribution in [0.5, 0.6) is 0 Å². The van der Waals surface area contributed by atoms with Gasteiger partial charge in [0.15, 0.2) is 0 Å². The van der Waals surface area contributed by atoms with Crippen LogP contribution in [-0.4, -0.2) is 43.3 Å². The van der Waals surface area contributed by atoms with Crippen LogP contribution >= 0.6 is 0 Å². The Bertz CT molecular complexity index is 407. The lowest BCUT2D eigenvalue weighted by atomic mass is 10.2. The normalized spacial score (nSPS) is 11.4. The summed E-state index contributed by atoms with van der Waals surface area (Å²) in [5.74, 6) is 1.24. The summed E-state index contributed by atoms with van der Waals surface area (Å²) in [4.78, 5) is 11.5. The maximum absolute atomic E-state index is 5.21. The van der Waals surface area contributed by atoms with E-state index >= 15 is 0 Å². The van der Waals surface area contributed by atoms with Crippen molar-refractivity contribution in [1.29, 1.82) is 0 Å². The van der Waals surface area contributed by atoms with E-state index in [0.29, 0.717) is 18.6 Å². The molecule has 0 aliphatic carbocycles. The summed E-state index contributed by atoms with van der Waals surface area (Å²) in [5, 5.41) is 3.19. The first kappa shape index (κ1) is 16.9. The van der Waals surface area contributed by atoms with Crippen LogP contribution in [0.15, 0.2) is 6.20 Å². The molecule has 1 aromatic rings. The molecule has 0 amide bonds. The number of nitrogens with one attached hydrogen (secondary N) is 1. The van der Waals surface area contributed by atoms with Crippen LogP contribution in [0.2, 0.25) is 0 Å². The Balaban J connectivity index is 3.11. The Morgan fingerprint density at radius 2 is 2.00 bits per heavy atom. The minimum atomic E-state index is 0.339. The smallest absolute Gasteiger partial charge is 0.131 e. The molecule has 1 rings (SSSR count). The van der Waals surface area contributed by atoms with Crippen molar-refractivity contribution in [2.75, 3.05) is 32.2 Å². The summed E-state index contributed by atoms with van der Waals surface area (Å²) in [6.45, 7) is 10.9. The van der Waals surface area contributed by atoms with E-state index in [1.54, 1.807) is 7.11 Å². The Hall–Kier alpha value is -1.20. The number of anilines is 1. The lowest BCUT2D eigenvalue weighted by Gasteiger charge is -2.30. The highest BCUT2D eigenvalue weighted by Gasteiger charge is 2.17. The fourth-order valence-corrected chi connectivity index (χ4v) is 2.09. The van der Waals surface area contributed by atoms with Crippen molar-refractivity contribution in [2.24, 2.45) is 0 Å². The first-order valence-electron chi connectivity index (χ1n) is 7.27. The molecule has 0 atom stereocenters. The van der Waals surface area contributed by atoms with Crippen LogP contribution in [0.1, 0.15) is 45.1 Å². The fourth-order valence-electron chi connectivity index (χ4n) is 2.09. The summed E-state index contributed by atoms with van der Waals surface area (Å²) < 4.78 is 5.21. The van der Waals surface area contributed by atoms with Crippen LogP contribution in [0.3, 0.4) is 0 Å². The van der Waals surface area contributed by atoms with Crippen molar-refractivity contribution in [3.05, 3.63) is 17.7 Å². The quantitative estimate of drug-likeness (QED) is 0.791. The molecule has 114 valence electrons. The number of aromatic nitrogens is 2. The first-order chi connectivity index (χ1) is 9.51. The monoisotopic (exact) mass is 280 g/mol. The van der Waals surface area contributed by atoms with E-state index < -0.39 is 0 Å².